The highest BCUT2D eigenvalue weighted by Crippen LogP contribution is 2.21. The molecule has 0 unspecified atom stereocenters. The van der Waals surface area contributed by atoms with Crippen molar-refractivity contribution in [3.05, 3.63) is 46.0 Å². The van der Waals surface area contributed by atoms with Gasteiger partial charge in [-0.1, -0.05) is 15.9 Å². The summed E-state index contributed by atoms with van der Waals surface area (Å²) in [4.78, 5) is 15.2. The van der Waals surface area contributed by atoms with Gasteiger partial charge in [-0.05, 0) is 32.0 Å². The number of aromatic carboxylic acids is 1. The van der Waals surface area contributed by atoms with Gasteiger partial charge in [0.25, 0.3) is 0 Å². The number of carbonyl (C=O) groups is 1. The van der Waals surface area contributed by atoms with E-state index in [-0.39, 0.29) is 5.56 Å². The van der Waals surface area contributed by atoms with Crippen molar-refractivity contribution in [1.82, 2.24) is 9.55 Å². The summed E-state index contributed by atoms with van der Waals surface area (Å²) in [6.45, 7) is 3.87. The van der Waals surface area contributed by atoms with E-state index in [0.29, 0.717) is 0 Å². The zero-order chi connectivity index (χ0) is 12.6. The molecule has 0 aliphatic carbocycles. The third-order valence-corrected chi connectivity index (χ3v) is 3.12. The van der Waals surface area contributed by atoms with Crippen LogP contribution in [0.2, 0.25) is 0 Å². The van der Waals surface area contributed by atoms with Crippen LogP contribution in [0.4, 0.5) is 0 Å². The van der Waals surface area contributed by atoms with Crippen molar-refractivity contribution in [2.45, 2.75) is 13.8 Å². The van der Waals surface area contributed by atoms with E-state index in [2.05, 4.69) is 20.9 Å². The number of aromatic nitrogens is 2. The molecule has 17 heavy (non-hydrogen) atoms. The highest BCUT2D eigenvalue weighted by Gasteiger charge is 2.09. The average molecular weight is 295 g/mol. The van der Waals surface area contributed by atoms with Gasteiger partial charge in [0.05, 0.1) is 17.6 Å². The summed E-state index contributed by atoms with van der Waals surface area (Å²) >= 11 is 3.31. The Kier molecular flexibility index (Phi) is 3.02. The van der Waals surface area contributed by atoms with Crippen LogP contribution in [0, 0.1) is 13.8 Å². The molecule has 0 bridgehead atoms. The quantitative estimate of drug-likeness (QED) is 0.926. The monoisotopic (exact) mass is 294 g/mol. The predicted molar refractivity (Wildman–Crippen MR) is 67.7 cm³/mol. The smallest absolute Gasteiger partial charge is 0.335 e. The summed E-state index contributed by atoms with van der Waals surface area (Å²) in [7, 11) is 0. The molecule has 2 rings (SSSR count). The van der Waals surface area contributed by atoms with Gasteiger partial charge in [-0.3, -0.25) is 0 Å². The van der Waals surface area contributed by atoms with Crippen molar-refractivity contribution >= 4 is 21.9 Å². The molecule has 0 saturated carbocycles. The molecular formula is C12H11BrN2O2. The van der Waals surface area contributed by atoms with Crippen molar-refractivity contribution in [2.24, 2.45) is 0 Å². The number of aryl methyl sites for hydroxylation is 1. The number of nitrogens with zero attached hydrogens (tertiary/aromatic N) is 2. The molecule has 1 heterocycles. The second-order valence-corrected chi connectivity index (χ2v) is 4.70. The van der Waals surface area contributed by atoms with Gasteiger partial charge >= 0.3 is 5.97 Å². The van der Waals surface area contributed by atoms with Gasteiger partial charge in [-0.25, -0.2) is 9.78 Å². The van der Waals surface area contributed by atoms with E-state index in [9.17, 15) is 4.79 Å². The second-order valence-electron chi connectivity index (χ2n) is 3.79. The topological polar surface area (TPSA) is 55.1 Å². The third kappa shape index (κ3) is 2.24. The van der Waals surface area contributed by atoms with Crippen molar-refractivity contribution in [2.75, 3.05) is 0 Å². The lowest BCUT2D eigenvalue weighted by Crippen LogP contribution is -2.01. The fourth-order valence-corrected chi connectivity index (χ4v) is 2.08. The van der Waals surface area contributed by atoms with Crippen molar-refractivity contribution < 1.29 is 9.90 Å². The van der Waals surface area contributed by atoms with E-state index >= 15 is 0 Å². The molecule has 0 radical (unpaired) electrons. The van der Waals surface area contributed by atoms with Gasteiger partial charge in [0.1, 0.15) is 0 Å². The zero-order valence-electron chi connectivity index (χ0n) is 9.44. The molecular weight excluding hydrogens is 284 g/mol. The standard InChI is InChI=1S/C12H11BrN2O2/c1-7-8(2)15(6-14-7)11-4-9(12(16)17)3-10(13)5-11/h3-6H,1-2H3,(H,16,17). The van der Waals surface area contributed by atoms with E-state index < -0.39 is 5.97 Å². The lowest BCUT2D eigenvalue weighted by molar-refractivity contribution is 0.0697. The number of halogens is 1. The first kappa shape index (κ1) is 11.9. The molecule has 1 aromatic carbocycles. The van der Waals surface area contributed by atoms with Crippen LogP contribution in [-0.4, -0.2) is 20.6 Å². The first-order chi connectivity index (χ1) is 7.99. The lowest BCUT2D eigenvalue weighted by Gasteiger charge is -2.07. The van der Waals surface area contributed by atoms with Gasteiger partial charge in [-0.15, -0.1) is 0 Å². The third-order valence-electron chi connectivity index (χ3n) is 2.66. The summed E-state index contributed by atoms with van der Waals surface area (Å²) in [6.07, 6.45) is 1.69. The largest absolute Gasteiger partial charge is 0.478 e. The summed E-state index contributed by atoms with van der Waals surface area (Å²) in [5.74, 6) is -0.943. The molecule has 1 N–H and O–H groups in total. The fraction of sp³-hybridized carbons (Fsp3) is 0.167. The van der Waals surface area contributed by atoms with Crippen molar-refractivity contribution in [1.29, 1.82) is 0 Å². The number of carboxylic acids is 1. The number of rotatable bonds is 2. The molecule has 88 valence electrons. The summed E-state index contributed by atoms with van der Waals surface area (Å²) in [6, 6.07) is 5.06. The Labute approximate surface area is 107 Å². The Balaban J connectivity index is 2.60. The van der Waals surface area contributed by atoms with E-state index in [1.165, 1.54) is 0 Å². The minimum absolute atomic E-state index is 0.250. The average Bonchev–Trinajstić information content (AvgIpc) is 2.59. The molecule has 0 aliphatic heterocycles. The van der Waals surface area contributed by atoms with Crippen LogP contribution in [0.1, 0.15) is 21.7 Å². The maximum Gasteiger partial charge on any atom is 0.335 e. The van der Waals surface area contributed by atoms with Crippen LogP contribution < -0.4 is 0 Å². The van der Waals surface area contributed by atoms with Crippen LogP contribution >= 0.6 is 15.9 Å². The number of hydrogen-bond donors (Lipinski definition) is 1. The normalized spacial score (nSPS) is 10.5. The highest BCUT2D eigenvalue weighted by atomic mass is 79.9. The van der Waals surface area contributed by atoms with Gasteiger partial charge in [-0.2, -0.15) is 0 Å². The minimum atomic E-state index is -0.943. The van der Waals surface area contributed by atoms with E-state index in [1.807, 2.05) is 24.5 Å². The molecule has 2 aromatic rings. The van der Waals surface area contributed by atoms with Crippen LogP contribution in [0.3, 0.4) is 0 Å². The Hall–Kier alpha value is -1.62. The molecule has 0 atom stereocenters. The number of carboxylic acid groups (broad SMARTS) is 1. The first-order valence-electron chi connectivity index (χ1n) is 5.04. The Morgan fingerprint density at radius 1 is 1.35 bits per heavy atom. The molecule has 0 saturated heterocycles. The Bertz CT molecular complexity index is 590. The van der Waals surface area contributed by atoms with Crippen molar-refractivity contribution in [3.63, 3.8) is 0 Å². The number of hydrogen-bond acceptors (Lipinski definition) is 2. The molecule has 0 spiro atoms. The van der Waals surface area contributed by atoms with Gasteiger partial charge < -0.3 is 9.67 Å². The van der Waals surface area contributed by atoms with Crippen LogP contribution in [0.25, 0.3) is 5.69 Å². The molecule has 0 fully saturated rings. The van der Waals surface area contributed by atoms with Gasteiger partial charge in [0.2, 0.25) is 0 Å². The molecule has 4 nitrogen and oxygen atoms in total. The summed E-state index contributed by atoms with van der Waals surface area (Å²) in [5, 5.41) is 9.01. The highest BCUT2D eigenvalue weighted by molar-refractivity contribution is 9.10. The maximum absolute atomic E-state index is 11.0. The second kappa shape index (κ2) is 4.33. The van der Waals surface area contributed by atoms with Gasteiger partial charge in [0, 0.05) is 15.9 Å². The van der Waals surface area contributed by atoms with Crippen LogP contribution in [0.15, 0.2) is 29.0 Å². The van der Waals surface area contributed by atoms with Gasteiger partial charge in [0.15, 0.2) is 0 Å². The first-order valence-corrected chi connectivity index (χ1v) is 5.83. The molecule has 5 heteroatoms. The zero-order valence-corrected chi connectivity index (χ0v) is 11.0. The SMILES string of the molecule is Cc1ncn(-c2cc(Br)cc(C(=O)O)c2)c1C. The van der Waals surface area contributed by atoms with Crippen LogP contribution in [-0.2, 0) is 0 Å². The fourth-order valence-electron chi connectivity index (χ4n) is 1.60. The predicted octanol–water partition coefficient (Wildman–Crippen LogP) is 2.95. The number of imidazole rings is 1. The molecule has 0 amide bonds. The van der Waals surface area contributed by atoms with E-state index in [0.717, 1.165) is 21.5 Å². The van der Waals surface area contributed by atoms with E-state index in [1.54, 1.807) is 18.5 Å². The lowest BCUT2D eigenvalue weighted by atomic mass is 10.2. The molecule has 0 aliphatic rings. The summed E-state index contributed by atoms with van der Waals surface area (Å²) < 4.78 is 2.60. The summed E-state index contributed by atoms with van der Waals surface area (Å²) in [5.41, 5.74) is 2.97. The van der Waals surface area contributed by atoms with Crippen molar-refractivity contribution in [3.8, 4) is 5.69 Å². The molecule has 1 aromatic heterocycles. The Morgan fingerprint density at radius 2 is 2.06 bits per heavy atom. The van der Waals surface area contributed by atoms with Crippen LogP contribution in [0.5, 0.6) is 0 Å². The maximum atomic E-state index is 11.0. The number of benzene rings is 1. The Morgan fingerprint density at radius 3 is 2.59 bits per heavy atom. The van der Waals surface area contributed by atoms with E-state index in [4.69, 9.17) is 5.11 Å². The minimum Gasteiger partial charge on any atom is -0.478 e.